The Bertz CT molecular complexity index is 842. The van der Waals surface area contributed by atoms with Crippen LogP contribution in [0.4, 0.5) is 8.78 Å². The molecule has 2 aromatic carbocycles. The summed E-state index contributed by atoms with van der Waals surface area (Å²) in [6.07, 6.45) is 0. The van der Waals surface area contributed by atoms with Gasteiger partial charge in [-0.05, 0) is 24.3 Å². The molecule has 0 amide bonds. The van der Waals surface area contributed by atoms with Crippen molar-refractivity contribution in [1.82, 2.24) is 4.72 Å². The number of hydrogen-bond acceptors (Lipinski definition) is 5. The summed E-state index contributed by atoms with van der Waals surface area (Å²) < 4.78 is 68.3. The Morgan fingerprint density at radius 3 is 2.40 bits per heavy atom. The Balaban J connectivity index is 2.00. The Labute approximate surface area is 144 Å². The third-order valence-electron chi connectivity index (χ3n) is 3.21. The first-order chi connectivity index (χ1) is 11.9. The van der Waals surface area contributed by atoms with Crippen LogP contribution in [0.5, 0.6) is 17.2 Å². The van der Waals surface area contributed by atoms with Gasteiger partial charge in [-0.15, -0.1) is 0 Å². The van der Waals surface area contributed by atoms with Gasteiger partial charge in [-0.3, -0.25) is 0 Å². The Kier molecular flexibility index (Phi) is 6.16. The van der Waals surface area contributed by atoms with Gasteiger partial charge in [0.15, 0.2) is 11.6 Å². The zero-order valence-electron chi connectivity index (χ0n) is 13.6. The smallest absolute Gasteiger partial charge is 0.244 e. The molecule has 0 aliphatic carbocycles. The van der Waals surface area contributed by atoms with Crippen molar-refractivity contribution in [1.29, 1.82) is 0 Å². The van der Waals surface area contributed by atoms with E-state index in [1.54, 1.807) is 0 Å². The van der Waals surface area contributed by atoms with Crippen LogP contribution in [-0.4, -0.2) is 35.8 Å². The van der Waals surface area contributed by atoms with Gasteiger partial charge in [0.2, 0.25) is 10.0 Å². The van der Waals surface area contributed by atoms with Crippen LogP contribution >= 0.6 is 0 Å². The molecule has 0 aliphatic rings. The third kappa shape index (κ3) is 4.80. The van der Waals surface area contributed by atoms with Crippen molar-refractivity contribution < 1.29 is 31.4 Å². The number of hydrogen-bond donors (Lipinski definition) is 1. The summed E-state index contributed by atoms with van der Waals surface area (Å²) in [5.41, 5.74) is 0. The minimum atomic E-state index is -3.86. The SMILES string of the molecule is COc1ccc(S(=O)(=O)NCCOc2ccc(F)cc2F)c(OC)c1. The molecule has 0 unspecified atom stereocenters. The molecule has 136 valence electrons. The largest absolute Gasteiger partial charge is 0.497 e. The number of ether oxygens (including phenoxy) is 3. The van der Waals surface area contributed by atoms with Crippen LogP contribution in [-0.2, 0) is 10.0 Å². The summed E-state index contributed by atoms with van der Waals surface area (Å²) in [4.78, 5) is -0.0660. The van der Waals surface area contributed by atoms with E-state index in [9.17, 15) is 17.2 Å². The molecule has 2 rings (SSSR count). The molecule has 0 aromatic heterocycles. The van der Waals surface area contributed by atoms with Crippen molar-refractivity contribution in [3.8, 4) is 17.2 Å². The molecule has 0 aliphatic heterocycles. The molecular formula is C16H17F2NO5S. The fraction of sp³-hybridized carbons (Fsp3) is 0.250. The topological polar surface area (TPSA) is 73.9 Å². The van der Waals surface area contributed by atoms with Crippen molar-refractivity contribution in [3.05, 3.63) is 48.0 Å². The molecule has 0 heterocycles. The lowest BCUT2D eigenvalue weighted by atomic mass is 10.3. The molecule has 1 N–H and O–H groups in total. The highest BCUT2D eigenvalue weighted by Gasteiger charge is 2.19. The lowest BCUT2D eigenvalue weighted by Gasteiger charge is -2.12. The highest BCUT2D eigenvalue weighted by Crippen LogP contribution is 2.28. The summed E-state index contributed by atoms with van der Waals surface area (Å²) >= 11 is 0. The summed E-state index contributed by atoms with van der Waals surface area (Å²) in [5.74, 6) is -1.18. The first-order valence-electron chi connectivity index (χ1n) is 7.17. The van der Waals surface area contributed by atoms with Gasteiger partial charge in [-0.2, -0.15) is 0 Å². The Hall–Kier alpha value is -2.39. The molecule has 6 nitrogen and oxygen atoms in total. The molecule has 0 radical (unpaired) electrons. The monoisotopic (exact) mass is 373 g/mol. The van der Waals surface area contributed by atoms with E-state index in [0.717, 1.165) is 12.1 Å². The normalized spacial score (nSPS) is 11.2. The fourth-order valence-electron chi connectivity index (χ4n) is 2.00. The van der Waals surface area contributed by atoms with E-state index >= 15 is 0 Å². The summed E-state index contributed by atoms with van der Waals surface area (Å²) in [6.45, 7) is -0.255. The standard InChI is InChI=1S/C16H17F2NO5S/c1-22-12-4-6-16(15(10-12)23-2)25(20,21)19-7-8-24-14-5-3-11(17)9-13(14)18/h3-6,9-10,19H,7-8H2,1-2H3. The van der Waals surface area contributed by atoms with Gasteiger partial charge in [-0.25, -0.2) is 21.9 Å². The lowest BCUT2D eigenvalue weighted by molar-refractivity contribution is 0.305. The van der Waals surface area contributed by atoms with Crippen LogP contribution in [0.25, 0.3) is 0 Å². The predicted octanol–water partition coefficient (Wildman–Crippen LogP) is 2.34. The van der Waals surface area contributed by atoms with Crippen LogP contribution in [0.3, 0.4) is 0 Å². The van der Waals surface area contributed by atoms with E-state index in [1.807, 2.05) is 0 Å². The maximum atomic E-state index is 13.4. The molecule has 2 aromatic rings. The minimum Gasteiger partial charge on any atom is -0.497 e. The molecule has 0 atom stereocenters. The molecule has 0 bridgehead atoms. The van der Waals surface area contributed by atoms with Crippen molar-refractivity contribution in [2.24, 2.45) is 0 Å². The van der Waals surface area contributed by atoms with Gasteiger partial charge < -0.3 is 14.2 Å². The van der Waals surface area contributed by atoms with E-state index in [1.165, 1.54) is 32.4 Å². The van der Waals surface area contributed by atoms with E-state index in [4.69, 9.17) is 14.2 Å². The van der Waals surface area contributed by atoms with Gasteiger partial charge >= 0.3 is 0 Å². The fourth-order valence-corrected chi connectivity index (χ4v) is 3.17. The Morgan fingerprint density at radius 2 is 1.76 bits per heavy atom. The van der Waals surface area contributed by atoms with Crippen LogP contribution in [0.15, 0.2) is 41.3 Å². The average Bonchev–Trinajstić information content (AvgIpc) is 2.59. The molecule has 0 fully saturated rings. The van der Waals surface area contributed by atoms with Crippen LogP contribution in [0.1, 0.15) is 0 Å². The van der Waals surface area contributed by atoms with Crippen LogP contribution in [0, 0.1) is 11.6 Å². The van der Waals surface area contributed by atoms with Gasteiger partial charge in [0.25, 0.3) is 0 Å². The molecule has 0 saturated carbocycles. The second kappa shape index (κ2) is 8.13. The average molecular weight is 373 g/mol. The molecule has 25 heavy (non-hydrogen) atoms. The number of methoxy groups -OCH3 is 2. The van der Waals surface area contributed by atoms with Crippen molar-refractivity contribution in [2.45, 2.75) is 4.90 Å². The summed E-state index contributed by atoms with van der Waals surface area (Å²) in [5, 5.41) is 0. The highest BCUT2D eigenvalue weighted by atomic mass is 32.2. The number of benzene rings is 2. The van der Waals surface area contributed by atoms with Gasteiger partial charge in [-0.1, -0.05) is 0 Å². The van der Waals surface area contributed by atoms with E-state index in [-0.39, 0.29) is 29.5 Å². The molecule has 0 spiro atoms. The maximum Gasteiger partial charge on any atom is 0.244 e. The van der Waals surface area contributed by atoms with Crippen molar-refractivity contribution in [2.75, 3.05) is 27.4 Å². The Morgan fingerprint density at radius 1 is 1.00 bits per heavy atom. The van der Waals surface area contributed by atoms with E-state index in [2.05, 4.69) is 4.72 Å². The highest BCUT2D eigenvalue weighted by molar-refractivity contribution is 7.89. The molecule has 9 heteroatoms. The lowest BCUT2D eigenvalue weighted by Crippen LogP contribution is -2.28. The zero-order valence-corrected chi connectivity index (χ0v) is 14.4. The first kappa shape index (κ1) is 18.9. The maximum absolute atomic E-state index is 13.4. The van der Waals surface area contributed by atoms with Crippen molar-refractivity contribution in [3.63, 3.8) is 0 Å². The second-order valence-corrected chi connectivity index (χ2v) is 6.57. The van der Waals surface area contributed by atoms with Gasteiger partial charge in [0, 0.05) is 18.7 Å². The minimum absolute atomic E-state index is 0.0660. The molecule has 0 saturated heterocycles. The number of rotatable bonds is 8. The van der Waals surface area contributed by atoms with E-state index < -0.39 is 21.7 Å². The number of halogens is 2. The number of sulfonamides is 1. The van der Waals surface area contributed by atoms with Crippen molar-refractivity contribution >= 4 is 10.0 Å². The quantitative estimate of drug-likeness (QED) is 0.719. The van der Waals surface area contributed by atoms with Gasteiger partial charge in [0.05, 0.1) is 14.2 Å². The molecular weight excluding hydrogens is 356 g/mol. The third-order valence-corrected chi connectivity index (χ3v) is 4.71. The summed E-state index contributed by atoms with van der Waals surface area (Å²) in [6, 6.07) is 7.14. The zero-order chi connectivity index (χ0) is 18.4. The first-order valence-corrected chi connectivity index (χ1v) is 8.65. The van der Waals surface area contributed by atoms with Gasteiger partial charge in [0.1, 0.15) is 28.8 Å². The van der Waals surface area contributed by atoms with Crippen LogP contribution < -0.4 is 18.9 Å². The summed E-state index contributed by atoms with van der Waals surface area (Å²) in [7, 11) is -1.07. The number of nitrogens with one attached hydrogen (secondary N) is 1. The second-order valence-electron chi connectivity index (χ2n) is 4.84. The predicted molar refractivity (Wildman–Crippen MR) is 86.6 cm³/mol. The van der Waals surface area contributed by atoms with E-state index in [0.29, 0.717) is 11.8 Å². The van der Waals surface area contributed by atoms with Crippen LogP contribution in [0.2, 0.25) is 0 Å².